The number of ketones is 2. The predicted molar refractivity (Wildman–Crippen MR) is 159 cm³/mol. The maximum atomic E-state index is 13.5. The van der Waals surface area contributed by atoms with Gasteiger partial charge in [-0.3, -0.25) is 0 Å². The molecule has 0 saturated heterocycles. The first-order chi connectivity index (χ1) is 18.7. The van der Waals surface area contributed by atoms with Crippen LogP contribution < -0.4 is 13.8 Å². The number of nitrogens with zero attached hydrogens (tertiary/aromatic N) is 1. The van der Waals surface area contributed by atoms with Crippen molar-refractivity contribution in [2.24, 2.45) is 0 Å². The van der Waals surface area contributed by atoms with Gasteiger partial charge in [0, 0.05) is 0 Å². The van der Waals surface area contributed by atoms with E-state index in [1.54, 1.807) is 11.3 Å². The van der Waals surface area contributed by atoms with E-state index in [1.807, 2.05) is 30.3 Å². The Kier molecular flexibility index (Phi) is 5.03. The molecule has 6 heteroatoms. The van der Waals surface area contributed by atoms with Crippen molar-refractivity contribution in [1.29, 1.82) is 0 Å². The van der Waals surface area contributed by atoms with Crippen LogP contribution in [-0.2, 0) is 0 Å². The molecule has 4 aromatic carbocycles. The summed E-state index contributed by atoms with van der Waals surface area (Å²) >= 11 is 1.89. The van der Waals surface area contributed by atoms with Gasteiger partial charge < -0.3 is 0 Å². The van der Waals surface area contributed by atoms with E-state index in [-0.39, 0.29) is 46.6 Å². The molecule has 0 spiro atoms. The molecular weight excluding hydrogens is 620 g/mol. The Morgan fingerprint density at radius 2 is 1.32 bits per heavy atom. The topological polar surface area (TPSA) is 37.4 Å². The number of hydrogen-bond acceptors (Lipinski definition) is 4. The van der Waals surface area contributed by atoms with Gasteiger partial charge in [0.15, 0.2) is 0 Å². The Morgan fingerprint density at radius 3 is 2.08 bits per heavy atom. The van der Waals surface area contributed by atoms with E-state index in [9.17, 15) is 9.59 Å². The number of rotatable bonds is 2. The number of Topliss-reactive ketones (excluding diaryl/α,β-unsaturated/α-hetero) is 2. The number of benzene rings is 4. The molecule has 0 atom stereocenters. The van der Waals surface area contributed by atoms with Gasteiger partial charge in [0.1, 0.15) is 0 Å². The van der Waals surface area contributed by atoms with Crippen molar-refractivity contribution in [1.82, 2.24) is 0 Å². The third-order valence-corrected chi connectivity index (χ3v) is 12.7. The Bertz CT molecular complexity index is 1970. The second-order valence-corrected chi connectivity index (χ2v) is 14.9. The van der Waals surface area contributed by atoms with Crippen LogP contribution in [0, 0.1) is 0 Å². The second-order valence-electron chi connectivity index (χ2n) is 9.26. The first-order valence-corrected chi connectivity index (χ1v) is 16.4. The van der Waals surface area contributed by atoms with Gasteiger partial charge in [-0.1, -0.05) is 0 Å². The second kappa shape index (κ2) is 8.50. The molecule has 38 heavy (non-hydrogen) atoms. The summed E-state index contributed by atoms with van der Waals surface area (Å²) in [6.45, 7) is 0. The number of hydrogen-bond donors (Lipinski definition) is 0. The van der Waals surface area contributed by atoms with E-state index >= 15 is 0 Å². The first kappa shape index (κ1) is 22.5. The molecule has 0 unspecified atom stereocenters. The summed E-state index contributed by atoms with van der Waals surface area (Å²) in [5.41, 5.74) is 3.80. The minimum absolute atomic E-state index is 0.0382. The average molecular weight is 637 g/mol. The van der Waals surface area contributed by atoms with Gasteiger partial charge in [-0.05, 0) is 0 Å². The van der Waals surface area contributed by atoms with Crippen LogP contribution in [0.5, 0.6) is 0 Å². The summed E-state index contributed by atoms with van der Waals surface area (Å²) in [5.74, 6) is -0.324. The number of carbonyl (C=O) groups is 2. The zero-order chi connectivity index (χ0) is 25.4. The molecule has 0 fully saturated rings. The molecule has 1 aliphatic heterocycles. The van der Waals surface area contributed by atoms with E-state index in [2.05, 4.69) is 77.7 Å². The van der Waals surface area contributed by atoms with Crippen molar-refractivity contribution in [3.63, 3.8) is 0 Å². The number of allylic oxidation sites excluding steroid dienone is 1. The van der Waals surface area contributed by atoms with Crippen LogP contribution >= 0.6 is 11.3 Å². The molecule has 2 aliphatic rings. The van der Waals surface area contributed by atoms with E-state index < -0.39 is 0 Å². The van der Waals surface area contributed by atoms with Gasteiger partial charge in [-0.25, -0.2) is 0 Å². The van der Waals surface area contributed by atoms with Crippen LogP contribution in [0.4, 0.5) is 15.9 Å². The van der Waals surface area contributed by atoms with E-state index in [0.29, 0.717) is 11.1 Å². The molecule has 0 radical (unpaired) electrons. The monoisotopic (exact) mass is 639 g/mol. The zero-order valence-corrected chi connectivity index (χ0v) is 24.0. The van der Waals surface area contributed by atoms with Crippen LogP contribution in [0.2, 0.25) is 0 Å². The number of thiophene rings is 1. The number of anilines is 3. The molecule has 1 aliphatic carbocycles. The summed E-state index contributed by atoms with van der Waals surface area (Å²) in [7, 11) is 0. The minimum atomic E-state index is -0.163. The molecule has 0 bridgehead atoms. The molecule has 2 aromatic heterocycles. The Balaban J connectivity index is 1.20. The normalized spacial score (nSPS) is 15.4. The summed E-state index contributed by atoms with van der Waals surface area (Å²) < 4.78 is 7.20. The van der Waals surface area contributed by atoms with Crippen molar-refractivity contribution in [3.8, 4) is 0 Å². The van der Waals surface area contributed by atoms with Crippen LogP contribution in [0.3, 0.4) is 0 Å². The molecule has 180 valence electrons. The van der Waals surface area contributed by atoms with Gasteiger partial charge in [0.25, 0.3) is 0 Å². The molecular formula is C32H17NO2SSe2. The van der Waals surface area contributed by atoms with Crippen LogP contribution in [0.15, 0.2) is 103 Å². The Hall–Kier alpha value is -3.50. The number of para-hydroxylation sites is 2. The maximum absolute atomic E-state index is 13.5. The summed E-state index contributed by atoms with van der Waals surface area (Å²) in [6, 6.07) is 33.5. The van der Waals surface area contributed by atoms with Crippen LogP contribution in [0.1, 0.15) is 25.2 Å². The van der Waals surface area contributed by atoms with Crippen LogP contribution in [-0.4, -0.2) is 41.0 Å². The summed E-state index contributed by atoms with van der Waals surface area (Å²) in [4.78, 5) is 29.3. The standard InChI is InChI=1S/C32H17NO2SSe2/c34-31-21-16-20-19-7-1-4-10-26(19)36-27(20)17-22(21)32(35)23(31)15-18-13-14-30(37-18)33-24-8-2-5-11-28(24)38-29-12-6-3-9-25(29)33/h1-17H/b23-15+. The summed E-state index contributed by atoms with van der Waals surface area (Å²) in [6.07, 6.45) is 1.84. The van der Waals surface area contributed by atoms with E-state index in [0.717, 1.165) is 19.9 Å². The Labute approximate surface area is 234 Å². The molecule has 3 heterocycles. The van der Waals surface area contributed by atoms with Crippen LogP contribution in [0.25, 0.3) is 26.2 Å². The SMILES string of the molecule is O=C1/C(=C/c2ccc(N3c4ccccc4[Se]c4ccccc43)[se]2)C(=O)c2cc3c(cc21)sc1ccccc13. The fourth-order valence-corrected chi connectivity index (χ4v) is 10.7. The third kappa shape index (κ3) is 3.32. The van der Waals surface area contributed by atoms with Crippen molar-refractivity contribution in [2.75, 3.05) is 4.90 Å². The molecule has 0 N–H and O–H groups in total. The van der Waals surface area contributed by atoms with Crippen molar-refractivity contribution < 1.29 is 9.59 Å². The van der Waals surface area contributed by atoms with Crippen molar-refractivity contribution in [2.45, 2.75) is 0 Å². The van der Waals surface area contributed by atoms with E-state index in [1.165, 1.54) is 29.6 Å². The zero-order valence-electron chi connectivity index (χ0n) is 19.8. The predicted octanol–water partition coefficient (Wildman–Crippen LogP) is 6.01. The average Bonchev–Trinajstić information content (AvgIpc) is 3.62. The van der Waals surface area contributed by atoms with Gasteiger partial charge in [-0.2, -0.15) is 0 Å². The van der Waals surface area contributed by atoms with Gasteiger partial charge in [0.05, 0.1) is 0 Å². The van der Waals surface area contributed by atoms with Gasteiger partial charge >= 0.3 is 236 Å². The molecule has 3 nitrogen and oxygen atoms in total. The number of fused-ring (bicyclic) bond motifs is 6. The molecule has 0 saturated carbocycles. The first-order valence-electron chi connectivity index (χ1n) is 12.2. The van der Waals surface area contributed by atoms with Crippen molar-refractivity contribution >= 4 is 103 Å². The molecule has 0 amide bonds. The Morgan fingerprint density at radius 1 is 0.658 bits per heavy atom. The van der Waals surface area contributed by atoms with E-state index in [4.69, 9.17) is 0 Å². The fourth-order valence-electron chi connectivity index (χ4n) is 5.30. The fraction of sp³-hybridized carbons (Fsp3) is 0. The molecule has 6 aromatic rings. The third-order valence-electron chi connectivity index (χ3n) is 7.05. The number of carbonyl (C=O) groups excluding carboxylic acids is 2. The van der Waals surface area contributed by atoms with Gasteiger partial charge in [0.2, 0.25) is 0 Å². The quantitative estimate of drug-likeness (QED) is 0.132. The molecule has 8 rings (SSSR count). The van der Waals surface area contributed by atoms with Gasteiger partial charge in [-0.15, -0.1) is 0 Å². The summed E-state index contributed by atoms with van der Waals surface area (Å²) in [5, 5.41) is 2.18. The van der Waals surface area contributed by atoms with Crippen molar-refractivity contribution in [3.05, 3.63) is 118 Å².